The molecule has 22 heavy (non-hydrogen) atoms. The van der Waals surface area contributed by atoms with Crippen molar-refractivity contribution < 1.29 is 9.53 Å². The van der Waals surface area contributed by atoms with E-state index in [1.807, 2.05) is 24.9 Å². The molecule has 0 N–H and O–H groups in total. The van der Waals surface area contributed by atoms with Crippen LogP contribution in [0, 0.1) is 5.92 Å². The molecule has 1 aliphatic rings. The highest BCUT2D eigenvalue weighted by Gasteiger charge is 2.20. The molecule has 5 heteroatoms. The number of rotatable bonds is 7. The summed E-state index contributed by atoms with van der Waals surface area (Å²) in [6.45, 7) is 9.59. The predicted octanol–water partition coefficient (Wildman–Crippen LogP) is 2.50. The predicted molar refractivity (Wildman–Crippen MR) is 86.6 cm³/mol. The van der Waals surface area contributed by atoms with E-state index in [-0.39, 0.29) is 12.0 Å². The van der Waals surface area contributed by atoms with Gasteiger partial charge in [0.25, 0.3) is 0 Å². The average molecular weight is 307 g/mol. The second-order valence-electron chi connectivity index (χ2n) is 6.54. The Morgan fingerprint density at radius 1 is 1.50 bits per heavy atom. The quantitative estimate of drug-likeness (QED) is 0.777. The number of aromatic nitrogens is 2. The van der Waals surface area contributed by atoms with Crippen LogP contribution in [0.4, 0.5) is 0 Å². The third-order valence-electron chi connectivity index (χ3n) is 4.16. The number of aryl methyl sites for hydroxylation is 1. The number of carbonyl (C=O) groups is 1. The highest BCUT2D eigenvalue weighted by atomic mass is 16.5. The van der Waals surface area contributed by atoms with E-state index in [2.05, 4.69) is 16.5 Å². The Morgan fingerprint density at radius 2 is 2.32 bits per heavy atom. The number of hydrogen-bond donors (Lipinski definition) is 0. The van der Waals surface area contributed by atoms with E-state index >= 15 is 0 Å². The van der Waals surface area contributed by atoms with Crippen molar-refractivity contribution in [3.05, 3.63) is 18.2 Å². The van der Waals surface area contributed by atoms with E-state index in [1.165, 1.54) is 6.42 Å². The molecule has 0 spiro atoms. The minimum absolute atomic E-state index is 0.245. The fourth-order valence-electron chi connectivity index (χ4n) is 2.95. The lowest BCUT2D eigenvalue weighted by Gasteiger charge is -2.31. The molecule has 124 valence electrons. The third kappa shape index (κ3) is 5.13. The van der Waals surface area contributed by atoms with Gasteiger partial charge in [0.2, 0.25) is 5.91 Å². The maximum absolute atomic E-state index is 12.3. The topological polar surface area (TPSA) is 47.4 Å². The van der Waals surface area contributed by atoms with Crippen LogP contribution in [0.3, 0.4) is 0 Å². The SMILES string of the molecule is CC(C)OCCn1ccnc1CCC(=O)N1CCC[C@H](C)C1. The Hall–Kier alpha value is -1.36. The first kappa shape index (κ1) is 17.0. The van der Waals surface area contributed by atoms with Gasteiger partial charge in [-0.15, -0.1) is 0 Å². The fraction of sp³-hybridized carbons (Fsp3) is 0.765. The van der Waals surface area contributed by atoms with Crippen molar-refractivity contribution in [3.63, 3.8) is 0 Å². The average Bonchev–Trinajstić information content (AvgIpc) is 2.92. The van der Waals surface area contributed by atoms with Crippen LogP contribution in [0.15, 0.2) is 12.4 Å². The molecule has 0 saturated carbocycles. The van der Waals surface area contributed by atoms with Gasteiger partial charge in [0.15, 0.2) is 0 Å². The summed E-state index contributed by atoms with van der Waals surface area (Å²) >= 11 is 0. The lowest BCUT2D eigenvalue weighted by Crippen LogP contribution is -2.39. The zero-order valence-corrected chi connectivity index (χ0v) is 14.1. The summed E-state index contributed by atoms with van der Waals surface area (Å²) in [5, 5.41) is 0. The van der Waals surface area contributed by atoms with Crippen molar-refractivity contribution >= 4 is 5.91 Å². The number of piperidine rings is 1. The van der Waals surface area contributed by atoms with Gasteiger partial charge >= 0.3 is 0 Å². The van der Waals surface area contributed by atoms with Gasteiger partial charge < -0.3 is 14.2 Å². The van der Waals surface area contributed by atoms with Crippen LogP contribution >= 0.6 is 0 Å². The molecule has 5 nitrogen and oxygen atoms in total. The van der Waals surface area contributed by atoms with Crippen LogP contribution in [0.25, 0.3) is 0 Å². The van der Waals surface area contributed by atoms with E-state index in [4.69, 9.17) is 4.74 Å². The summed E-state index contributed by atoms with van der Waals surface area (Å²) in [4.78, 5) is 18.7. The monoisotopic (exact) mass is 307 g/mol. The smallest absolute Gasteiger partial charge is 0.223 e. The zero-order valence-electron chi connectivity index (χ0n) is 14.1. The van der Waals surface area contributed by atoms with E-state index in [1.54, 1.807) is 6.20 Å². The number of likely N-dealkylation sites (tertiary alicyclic amines) is 1. The van der Waals surface area contributed by atoms with Crippen molar-refractivity contribution in [2.45, 2.75) is 59.1 Å². The van der Waals surface area contributed by atoms with Gasteiger partial charge in [0.05, 0.1) is 12.7 Å². The number of nitrogens with zero attached hydrogens (tertiary/aromatic N) is 3. The molecule has 1 aromatic heterocycles. The summed E-state index contributed by atoms with van der Waals surface area (Å²) in [5.41, 5.74) is 0. The molecule has 1 aliphatic heterocycles. The number of amides is 1. The summed E-state index contributed by atoms with van der Waals surface area (Å²) < 4.78 is 7.67. The van der Waals surface area contributed by atoms with E-state index in [0.29, 0.717) is 25.4 Å². The van der Waals surface area contributed by atoms with Crippen molar-refractivity contribution in [2.75, 3.05) is 19.7 Å². The molecule has 1 saturated heterocycles. The summed E-state index contributed by atoms with van der Waals surface area (Å²) in [6.07, 6.45) is 7.64. The zero-order chi connectivity index (χ0) is 15.9. The summed E-state index contributed by atoms with van der Waals surface area (Å²) in [5.74, 6) is 1.87. The summed E-state index contributed by atoms with van der Waals surface area (Å²) in [6, 6.07) is 0. The maximum atomic E-state index is 12.3. The molecule has 2 heterocycles. The number of imidazole rings is 1. The largest absolute Gasteiger partial charge is 0.377 e. The lowest BCUT2D eigenvalue weighted by molar-refractivity contribution is -0.132. The first-order chi connectivity index (χ1) is 10.6. The van der Waals surface area contributed by atoms with E-state index < -0.39 is 0 Å². The molecule has 1 fully saturated rings. The first-order valence-electron chi connectivity index (χ1n) is 8.45. The molecule has 1 atom stereocenters. The maximum Gasteiger partial charge on any atom is 0.223 e. The number of ether oxygens (including phenoxy) is 1. The van der Waals surface area contributed by atoms with E-state index in [9.17, 15) is 4.79 Å². The van der Waals surface area contributed by atoms with Crippen molar-refractivity contribution in [2.24, 2.45) is 5.92 Å². The van der Waals surface area contributed by atoms with Gasteiger partial charge in [-0.2, -0.15) is 0 Å². The standard InChI is InChI=1S/C17H29N3O2/c1-14(2)22-12-11-19-10-8-18-16(19)6-7-17(21)20-9-4-5-15(3)13-20/h8,10,14-15H,4-7,9,11-13H2,1-3H3/t15-/m0/s1. The Morgan fingerprint density at radius 3 is 3.05 bits per heavy atom. The first-order valence-corrected chi connectivity index (χ1v) is 8.45. The summed E-state index contributed by atoms with van der Waals surface area (Å²) in [7, 11) is 0. The second-order valence-corrected chi connectivity index (χ2v) is 6.54. The molecule has 0 bridgehead atoms. The fourth-order valence-corrected chi connectivity index (χ4v) is 2.95. The second kappa shape index (κ2) is 8.32. The molecule has 0 aromatic carbocycles. The molecule has 0 radical (unpaired) electrons. The van der Waals surface area contributed by atoms with Crippen LogP contribution in [-0.2, 0) is 22.5 Å². The van der Waals surface area contributed by atoms with Crippen LogP contribution in [0.1, 0.15) is 45.9 Å². The van der Waals surface area contributed by atoms with Crippen molar-refractivity contribution in [3.8, 4) is 0 Å². The minimum atomic E-state index is 0.245. The Labute approximate surface area is 133 Å². The molecule has 0 unspecified atom stereocenters. The van der Waals surface area contributed by atoms with Crippen LogP contribution in [0.5, 0.6) is 0 Å². The molecule has 1 aromatic rings. The lowest BCUT2D eigenvalue weighted by atomic mass is 10.00. The number of hydrogen-bond acceptors (Lipinski definition) is 3. The van der Waals surface area contributed by atoms with Crippen molar-refractivity contribution in [1.29, 1.82) is 0 Å². The van der Waals surface area contributed by atoms with Crippen LogP contribution in [-0.4, -0.2) is 46.2 Å². The Bertz CT molecular complexity index is 470. The highest BCUT2D eigenvalue weighted by molar-refractivity contribution is 5.76. The van der Waals surface area contributed by atoms with Crippen molar-refractivity contribution in [1.82, 2.24) is 14.5 Å². The Kier molecular flexibility index (Phi) is 6.43. The van der Waals surface area contributed by atoms with Gasteiger partial charge in [-0.25, -0.2) is 4.98 Å². The molecule has 1 amide bonds. The molecule has 2 rings (SSSR count). The molecule has 0 aliphatic carbocycles. The molecular weight excluding hydrogens is 278 g/mol. The van der Waals surface area contributed by atoms with Gasteiger partial charge in [-0.1, -0.05) is 6.92 Å². The van der Waals surface area contributed by atoms with Gasteiger partial charge in [-0.3, -0.25) is 4.79 Å². The van der Waals surface area contributed by atoms with Crippen LogP contribution in [0.2, 0.25) is 0 Å². The number of carbonyl (C=O) groups excluding carboxylic acids is 1. The van der Waals surface area contributed by atoms with Gasteiger partial charge in [0.1, 0.15) is 5.82 Å². The molecular formula is C17H29N3O2. The van der Waals surface area contributed by atoms with Gasteiger partial charge in [0, 0.05) is 44.9 Å². The normalized spacial score (nSPS) is 18.9. The highest BCUT2D eigenvalue weighted by Crippen LogP contribution is 2.16. The minimum Gasteiger partial charge on any atom is -0.377 e. The van der Waals surface area contributed by atoms with Gasteiger partial charge in [-0.05, 0) is 32.6 Å². The Balaban J connectivity index is 1.79. The third-order valence-corrected chi connectivity index (χ3v) is 4.16. The van der Waals surface area contributed by atoms with Crippen LogP contribution < -0.4 is 0 Å². The van der Waals surface area contributed by atoms with E-state index in [0.717, 1.165) is 31.9 Å².